The molecular formula is C17H16N2S. The zero-order chi connectivity index (χ0) is 13.9. The van der Waals surface area contributed by atoms with Gasteiger partial charge in [-0.15, -0.1) is 11.3 Å². The molecule has 0 aliphatic heterocycles. The molecule has 0 bridgehead atoms. The summed E-state index contributed by atoms with van der Waals surface area (Å²) in [6.45, 7) is 4.18. The Labute approximate surface area is 123 Å². The van der Waals surface area contributed by atoms with Crippen LogP contribution in [0, 0.1) is 13.8 Å². The molecule has 0 aliphatic rings. The number of aromatic nitrogens is 1. The van der Waals surface area contributed by atoms with Gasteiger partial charge in [0.1, 0.15) is 0 Å². The van der Waals surface area contributed by atoms with Crippen LogP contribution >= 0.6 is 11.3 Å². The first-order valence-electron chi connectivity index (χ1n) is 6.57. The number of hydrogen-bond donors (Lipinski definition) is 1. The average Bonchev–Trinajstić information content (AvgIpc) is 2.91. The van der Waals surface area contributed by atoms with Crippen LogP contribution in [-0.2, 0) is 0 Å². The zero-order valence-corrected chi connectivity index (χ0v) is 12.4. The minimum atomic E-state index is 0.921. The van der Waals surface area contributed by atoms with Crippen LogP contribution in [0.25, 0.3) is 11.3 Å². The van der Waals surface area contributed by atoms with Gasteiger partial charge in [0.15, 0.2) is 5.13 Å². The van der Waals surface area contributed by atoms with Crippen LogP contribution < -0.4 is 5.32 Å². The van der Waals surface area contributed by atoms with E-state index in [2.05, 4.69) is 78.1 Å². The second-order valence-corrected chi connectivity index (χ2v) is 5.75. The largest absolute Gasteiger partial charge is 0.332 e. The molecule has 0 unspecified atom stereocenters. The lowest BCUT2D eigenvalue weighted by Crippen LogP contribution is -1.89. The van der Waals surface area contributed by atoms with E-state index in [4.69, 9.17) is 0 Å². The summed E-state index contributed by atoms with van der Waals surface area (Å²) in [7, 11) is 0. The topological polar surface area (TPSA) is 24.9 Å². The summed E-state index contributed by atoms with van der Waals surface area (Å²) in [5.41, 5.74) is 5.77. The SMILES string of the molecule is Cc1ccc(Nc2nc(-c3ccc(C)cc3)cs2)cc1. The third-order valence-corrected chi connectivity index (χ3v) is 3.91. The number of rotatable bonds is 3. The average molecular weight is 280 g/mol. The molecule has 100 valence electrons. The van der Waals surface area contributed by atoms with E-state index in [1.807, 2.05) is 0 Å². The Balaban J connectivity index is 1.80. The van der Waals surface area contributed by atoms with Gasteiger partial charge in [-0.25, -0.2) is 4.98 Å². The van der Waals surface area contributed by atoms with Gasteiger partial charge in [0.05, 0.1) is 5.69 Å². The van der Waals surface area contributed by atoms with Crippen LogP contribution in [0.2, 0.25) is 0 Å². The van der Waals surface area contributed by atoms with E-state index in [1.54, 1.807) is 11.3 Å². The molecule has 3 aromatic rings. The van der Waals surface area contributed by atoms with E-state index in [0.29, 0.717) is 0 Å². The highest BCUT2D eigenvalue weighted by Gasteiger charge is 2.04. The summed E-state index contributed by atoms with van der Waals surface area (Å²) in [6, 6.07) is 16.8. The van der Waals surface area contributed by atoms with Crippen molar-refractivity contribution < 1.29 is 0 Å². The Morgan fingerprint density at radius 3 is 2.10 bits per heavy atom. The Morgan fingerprint density at radius 2 is 1.45 bits per heavy atom. The maximum atomic E-state index is 4.64. The first kappa shape index (κ1) is 12.9. The van der Waals surface area contributed by atoms with E-state index < -0.39 is 0 Å². The molecule has 0 radical (unpaired) electrons. The highest BCUT2D eigenvalue weighted by atomic mass is 32.1. The van der Waals surface area contributed by atoms with E-state index in [-0.39, 0.29) is 0 Å². The van der Waals surface area contributed by atoms with Gasteiger partial charge in [0.25, 0.3) is 0 Å². The van der Waals surface area contributed by atoms with Crippen molar-refractivity contribution in [3.8, 4) is 11.3 Å². The number of anilines is 2. The molecule has 0 spiro atoms. The molecule has 1 heterocycles. The van der Waals surface area contributed by atoms with Crippen molar-refractivity contribution in [2.24, 2.45) is 0 Å². The summed E-state index contributed by atoms with van der Waals surface area (Å²) in [4.78, 5) is 4.64. The smallest absolute Gasteiger partial charge is 0.187 e. The van der Waals surface area contributed by atoms with Crippen molar-refractivity contribution in [1.82, 2.24) is 4.98 Å². The maximum Gasteiger partial charge on any atom is 0.187 e. The van der Waals surface area contributed by atoms with Gasteiger partial charge >= 0.3 is 0 Å². The number of benzene rings is 2. The molecule has 0 fully saturated rings. The van der Waals surface area contributed by atoms with Crippen LogP contribution in [0.1, 0.15) is 11.1 Å². The van der Waals surface area contributed by atoms with Crippen molar-refractivity contribution in [2.45, 2.75) is 13.8 Å². The fourth-order valence-corrected chi connectivity index (χ4v) is 2.69. The fraction of sp³-hybridized carbons (Fsp3) is 0.118. The summed E-state index contributed by atoms with van der Waals surface area (Å²) < 4.78 is 0. The van der Waals surface area contributed by atoms with E-state index >= 15 is 0 Å². The van der Waals surface area contributed by atoms with Crippen molar-refractivity contribution in [3.63, 3.8) is 0 Å². The third-order valence-electron chi connectivity index (χ3n) is 3.15. The summed E-state index contributed by atoms with van der Waals surface area (Å²) in [5.74, 6) is 0. The molecule has 1 aromatic heterocycles. The number of aryl methyl sites for hydroxylation is 2. The van der Waals surface area contributed by atoms with Gasteiger partial charge in [0, 0.05) is 16.6 Å². The summed E-state index contributed by atoms with van der Waals surface area (Å²) in [5, 5.41) is 6.35. The zero-order valence-electron chi connectivity index (χ0n) is 11.6. The number of nitrogens with one attached hydrogen (secondary N) is 1. The molecule has 2 nitrogen and oxygen atoms in total. The summed E-state index contributed by atoms with van der Waals surface area (Å²) >= 11 is 1.63. The van der Waals surface area contributed by atoms with Crippen LogP contribution in [0.15, 0.2) is 53.9 Å². The number of thiazole rings is 1. The molecule has 0 saturated heterocycles. The Hall–Kier alpha value is -2.13. The molecule has 20 heavy (non-hydrogen) atoms. The first-order valence-corrected chi connectivity index (χ1v) is 7.45. The quantitative estimate of drug-likeness (QED) is 0.716. The Morgan fingerprint density at radius 1 is 0.850 bits per heavy atom. The molecule has 3 heteroatoms. The maximum absolute atomic E-state index is 4.64. The molecular weight excluding hydrogens is 264 g/mol. The van der Waals surface area contributed by atoms with Crippen molar-refractivity contribution in [1.29, 1.82) is 0 Å². The molecule has 2 aromatic carbocycles. The van der Waals surface area contributed by atoms with Gasteiger partial charge in [-0.1, -0.05) is 47.5 Å². The summed E-state index contributed by atoms with van der Waals surface area (Å²) in [6.07, 6.45) is 0. The molecule has 3 rings (SSSR count). The fourth-order valence-electron chi connectivity index (χ4n) is 1.95. The van der Waals surface area contributed by atoms with Crippen molar-refractivity contribution >= 4 is 22.2 Å². The van der Waals surface area contributed by atoms with Crippen LogP contribution in [0.4, 0.5) is 10.8 Å². The first-order chi connectivity index (χ1) is 9.70. The highest BCUT2D eigenvalue weighted by molar-refractivity contribution is 7.14. The van der Waals surface area contributed by atoms with Gasteiger partial charge in [0.2, 0.25) is 0 Å². The molecule has 0 aliphatic carbocycles. The highest BCUT2D eigenvalue weighted by Crippen LogP contribution is 2.27. The Bertz CT molecular complexity index is 697. The standard InChI is InChI=1S/C17H16N2S/c1-12-3-7-14(8-4-12)16-11-20-17(19-16)18-15-9-5-13(2)6-10-15/h3-11H,1-2H3,(H,18,19). The van der Waals surface area contributed by atoms with E-state index in [1.165, 1.54) is 11.1 Å². The van der Waals surface area contributed by atoms with Crippen molar-refractivity contribution in [2.75, 3.05) is 5.32 Å². The van der Waals surface area contributed by atoms with E-state index in [9.17, 15) is 0 Å². The lowest BCUT2D eigenvalue weighted by atomic mass is 10.1. The van der Waals surface area contributed by atoms with Crippen LogP contribution in [0.3, 0.4) is 0 Å². The number of nitrogens with zero attached hydrogens (tertiary/aromatic N) is 1. The van der Waals surface area contributed by atoms with Gasteiger partial charge < -0.3 is 5.32 Å². The van der Waals surface area contributed by atoms with Gasteiger partial charge in [-0.2, -0.15) is 0 Å². The predicted octanol–water partition coefficient (Wildman–Crippen LogP) is 5.17. The second kappa shape index (κ2) is 5.47. The lowest BCUT2D eigenvalue weighted by molar-refractivity contribution is 1.37. The molecule has 0 amide bonds. The minimum Gasteiger partial charge on any atom is -0.332 e. The second-order valence-electron chi connectivity index (χ2n) is 4.89. The molecule has 1 N–H and O–H groups in total. The van der Waals surface area contributed by atoms with Gasteiger partial charge in [-0.05, 0) is 26.0 Å². The van der Waals surface area contributed by atoms with Gasteiger partial charge in [-0.3, -0.25) is 0 Å². The molecule has 0 saturated carbocycles. The van der Waals surface area contributed by atoms with Crippen molar-refractivity contribution in [3.05, 3.63) is 65.0 Å². The minimum absolute atomic E-state index is 0.921. The lowest BCUT2D eigenvalue weighted by Gasteiger charge is -2.02. The van der Waals surface area contributed by atoms with E-state index in [0.717, 1.165) is 22.1 Å². The Kier molecular flexibility index (Phi) is 3.52. The van der Waals surface area contributed by atoms with Crippen LogP contribution in [0.5, 0.6) is 0 Å². The molecule has 0 atom stereocenters. The number of hydrogen-bond acceptors (Lipinski definition) is 3. The normalized spacial score (nSPS) is 10.5. The van der Waals surface area contributed by atoms with Crippen LogP contribution in [-0.4, -0.2) is 4.98 Å². The monoisotopic (exact) mass is 280 g/mol. The third kappa shape index (κ3) is 2.89. The predicted molar refractivity (Wildman–Crippen MR) is 86.7 cm³/mol.